The maximum Gasteiger partial charge on any atom is 0.322 e. The van der Waals surface area contributed by atoms with Crippen LogP contribution in [0.15, 0.2) is 0 Å². The first kappa shape index (κ1) is 14.4. The molecular weight excluding hydrogens is 220 g/mol. The van der Waals surface area contributed by atoms with E-state index in [1.165, 1.54) is 0 Å². The normalized spacial score (nSPS) is 20.7. The third-order valence-electron chi connectivity index (χ3n) is 3.14. The molecule has 1 saturated heterocycles. The smallest absolute Gasteiger partial charge is 0.322 e. The van der Waals surface area contributed by atoms with E-state index in [1.54, 1.807) is 7.11 Å². The Labute approximate surface area is 103 Å². The average molecular weight is 244 g/mol. The molecular formula is C12H24N2O3. The molecule has 0 bridgehead atoms. The lowest BCUT2D eigenvalue weighted by Crippen LogP contribution is -2.50. The molecule has 17 heavy (non-hydrogen) atoms. The summed E-state index contributed by atoms with van der Waals surface area (Å²) in [5, 5.41) is 12.2. The minimum Gasteiger partial charge on any atom is -0.480 e. The number of ether oxygens (including phenoxy) is 1. The van der Waals surface area contributed by atoms with Crippen molar-refractivity contribution in [2.75, 3.05) is 26.7 Å². The zero-order chi connectivity index (χ0) is 12.8. The molecule has 1 atom stereocenters. The summed E-state index contributed by atoms with van der Waals surface area (Å²) in [4.78, 5) is 13.3. The first-order chi connectivity index (χ1) is 8.02. The van der Waals surface area contributed by atoms with Crippen LogP contribution in [0.4, 0.5) is 0 Å². The minimum absolute atomic E-state index is 0.188. The molecule has 0 radical (unpaired) electrons. The second kappa shape index (κ2) is 6.93. The number of carbonyl (C=O) groups is 1. The van der Waals surface area contributed by atoms with E-state index in [-0.39, 0.29) is 6.04 Å². The summed E-state index contributed by atoms with van der Waals surface area (Å²) in [6, 6.07) is -0.290. The number of nitrogens with zero attached hydrogens (tertiary/aromatic N) is 1. The molecule has 5 heteroatoms. The maximum atomic E-state index is 11.1. The summed E-state index contributed by atoms with van der Waals surface area (Å²) in [5.41, 5.74) is 0. The second-order valence-electron chi connectivity index (χ2n) is 4.95. The predicted octanol–water partition coefficient (Wildman–Crippen LogP) is 0.548. The highest BCUT2D eigenvalue weighted by Crippen LogP contribution is 2.13. The van der Waals surface area contributed by atoms with Gasteiger partial charge in [0.15, 0.2) is 0 Å². The van der Waals surface area contributed by atoms with E-state index in [0.717, 1.165) is 25.9 Å². The first-order valence-electron chi connectivity index (χ1n) is 6.27. The second-order valence-corrected chi connectivity index (χ2v) is 4.95. The van der Waals surface area contributed by atoms with Gasteiger partial charge in [0.25, 0.3) is 0 Å². The number of hydrogen-bond donors (Lipinski definition) is 2. The molecule has 1 rings (SSSR count). The third-order valence-corrected chi connectivity index (χ3v) is 3.14. The summed E-state index contributed by atoms with van der Waals surface area (Å²) in [5.74, 6) is -0.771. The monoisotopic (exact) mass is 244 g/mol. The molecule has 100 valence electrons. The molecule has 0 amide bonds. The Morgan fingerprint density at radius 1 is 1.47 bits per heavy atom. The fourth-order valence-corrected chi connectivity index (χ4v) is 2.19. The number of piperidine rings is 1. The van der Waals surface area contributed by atoms with E-state index in [4.69, 9.17) is 9.84 Å². The van der Waals surface area contributed by atoms with Crippen molar-refractivity contribution in [2.24, 2.45) is 0 Å². The van der Waals surface area contributed by atoms with Gasteiger partial charge < -0.3 is 20.1 Å². The Morgan fingerprint density at radius 2 is 2.06 bits per heavy atom. The van der Waals surface area contributed by atoms with Crippen LogP contribution in [0.5, 0.6) is 0 Å². The Hall–Kier alpha value is -0.650. The lowest BCUT2D eigenvalue weighted by molar-refractivity contribution is -0.140. The Balaban J connectivity index is 2.38. The molecule has 2 N–H and O–H groups in total. The summed E-state index contributed by atoms with van der Waals surface area (Å²) < 4.78 is 5.30. The predicted molar refractivity (Wildman–Crippen MR) is 66.2 cm³/mol. The highest BCUT2D eigenvalue weighted by atomic mass is 16.5. The molecule has 1 fully saturated rings. The number of aliphatic carboxylic acids is 1. The van der Waals surface area contributed by atoms with Crippen LogP contribution < -0.4 is 5.32 Å². The molecule has 0 aromatic rings. The van der Waals surface area contributed by atoms with E-state index >= 15 is 0 Å². The van der Waals surface area contributed by atoms with Crippen molar-refractivity contribution < 1.29 is 14.6 Å². The summed E-state index contributed by atoms with van der Waals surface area (Å²) in [6.45, 7) is 6.34. The van der Waals surface area contributed by atoms with Gasteiger partial charge in [-0.3, -0.25) is 4.79 Å². The standard InChI is InChI=1S/C12H24N2O3/c1-9(2)13-11(12(15)16)8-14-6-4-10(17-3)5-7-14/h9-11,13H,4-8H2,1-3H3,(H,15,16). The third kappa shape index (κ3) is 5.02. The van der Waals surface area contributed by atoms with Crippen molar-refractivity contribution in [1.29, 1.82) is 0 Å². The first-order valence-corrected chi connectivity index (χ1v) is 6.27. The van der Waals surface area contributed by atoms with E-state index in [9.17, 15) is 4.79 Å². The van der Waals surface area contributed by atoms with Crippen molar-refractivity contribution in [3.8, 4) is 0 Å². The molecule has 1 heterocycles. The number of nitrogens with one attached hydrogen (secondary N) is 1. The van der Waals surface area contributed by atoms with E-state index in [2.05, 4.69) is 10.2 Å². The van der Waals surface area contributed by atoms with Crippen molar-refractivity contribution in [1.82, 2.24) is 10.2 Å². The van der Waals surface area contributed by atoms with Crippen LogP contribution >= 0.6 is 0 Å². The van der Waals surface area contributed by atoms with E-state index in [0.29, 0.717) is 12.6 Å². The number of carboxylic acid groups (broad SMARTS) is 1. The van der Waals surface area contributed by atoms with Crippen LogP contribution in [0.2, 0.25) is 0 Å². The molecule has 0 spiro atoms. The topological polar surface area (TPSA) is 61.8 Å². The van der Waals surface area contributed by atoms with Crippen LogP contribution in [0.25, 0.3) is 0 Å². The Bertz CT molecular complexity index is 238. The van der Waals surface area contributed by atoms with Crippen LogP contribution in [0.3, 0.4) is 0 Å². The van der Waals surface area contributed by atoms with E-state index in [1.807, 2.05) is 13.8 Å². The lowest BCUT2D eigenvalue weighted by atomic mass is 10.1. The van der Waals surface area contributed by atoms with Crippen molar-refractivity contribution in [3.63, 3.8) is 0 Å². The quantitative estimate of drug-likeness (QED) is 0.714. The van der Waals surface area contributed by atoms with Gasteiger partial charge in [0.2, 0.25) is 0 Å². The number of likely N-dealkylation sites (tertiary alicyclic amines) is 1. The average Bonchev–Trinajstić information content (AvgIpc) is 2.28. The largest absolute Gasteiger partial charge is 0.480 e. The zero-order valence-electron chi connectivity index (χ0n) is 11.0. The summed E-state index contributed by atoms with van der Waals surface area (Å²) in [6.07, 6.45) is 2.32. The highest BCUT2D eigenvalue weighted by Gasteiger charge is 2.25. The summed E-state index contributed by atoms with van der Waals surface area (Å²) >= 11 is 0. The van der Waals surface area contributed by atoms with Crippen LogP contribution in [0.1, 0.15) is 26.7 Å². The lowest BCUT2D eigenvalue weighted by Gasteiger charge is -2.33. The van der Waals surface area contributed by atoms with Gasteiger partial charge >= 0.3 is 5.97 Å². The number of carboxylic acids is 1. The number of methoxy groups -OCH3 is 1. The van der Waals surface area contributed by atoms with Gasteiger partial charge in [-0.25, -0.2) is 0 Å². The Kier molecular flexibility index (Phi) is 5.88. The Morgan fingerprint density at radius 3 is 2.47 bits per heavy atom. The molecule has 5 nitrogen and oxygen atoms in total. The van der Waals surface area contributed by atoms with Crippen LogP contribution in [-0.4, -0.2) is 60.9 Å². The maximum absolute atomic E-state index is 11.1. The molecule has 0 aromatic heterocycles. The highest BCUT2D eigenvalue weighted by molar-refractivity contribution is 5.73. The van der Waals surface area contributed by atoms with Gasteiger partial charge in [0, 0.05) is 32.8 Å². The van der Waals surface area contributed by atoms with Gasteiger partial charge in [-0.2, -0.15) is 0 Å². The molecule has 0 aromatic carbocycles. The number of rotatable bonds is 6. The van der Waals surface area contributed by atoms with E-state index < -0.39 is 12.0 Å². The molecule has 0 aliphatic carbocycles. The van der Waals surface area contributed by atoms with Crippen molar-refractivity contribution in [3.05, 3.63) is 0 Å². The fourth-order valence-electron chi connectivity index (χ4n) is 2.19. The summed E-state index contributed by atoms with van der Waals surface area (Å²) in [7, 11) is 1.74. The van der Waals surface area contributed by atoms with Crippen LogP contribution in [-0.2, 0) is 9.53 Å². The van der Waals surface area contributed by atoms with Gasteiger partial charge in [0.05, 0.1) is 6.10 Å². The van der Waals surface area contributed by atoms with Gasteiger partial charge in [-0.15, -0.1) is 0 Å². The zero-order valence-corrected chi connectivity index (χ0v) is 11.0. The molecule has 1 unspecified atom stereocenters. The fraction of sp³-hybridized carbons (Fsp3) is 0.917. The molecule has 1 aliphatic rings. The molecule has 0 saturated carbocycles. The van der Waals surface area contributed by atoms with Crippen molar-refractivity contribution in [2.45, 2.75) is 44.9 Å². The van der Waals surface area contributed by atoms with Crippen LogP contribution in [0, 0.1) is 0 Å². The van der Waals surface area contributed by atoms with Gasteiger partial charge in [-0.1, -0.05) is 13.8 Å². The van der Waals surface area contributed by atoms with Gasteiger partial charge in [-0.05, 0) is 12.8 Å². The number of hydrogen-bond acceptors (Lipinski definition) is 4. The molecule has 1 aliphatic heterocycles. The SMILES string of the molecule is COC1CCN(CC(NC(C)C)C(=O)O)CC1. The van der Waals surface area contributed by atoms with Gasteiger partial charge in [0.1, 0.15) is 6.04 Å². The minimum atomic E-state index is -0.771. The van der Waals surface area contributed by atoms with Crippen molar-refractivity contribution >= 4 is 5.97 Å².